The fraction of sp³-hybridized carbons (Fsp3) is 0.480. The topological polar surface area (TPSA) is 23.6 Å². The van der Waals surface area contributed by atoms with Gasteiger partial charge in [0.25, 0.3) is 0 Å². The van der Waals surface area contributed by atoms with E-state index in [9.17, 15) is 4.79 Å². The smallest absolute Gasteiger partial charge is 0.226 e. The second kappa shape index (κ2) is 7.71. The molecule has 2 aromatic rings. The van der Waals surface area contributed by atoms with Gasteiger partial charge in [0.1, 0.15) is 0 Å². The summed E-state index contributed by atoms with van der Waals surface area (Å²) in [4.78, 5) is 17.8. The van der Waals surface area contributed by atoms with E-state index in [0.717, 1.165) is 38.5 Å². The third-order valence-electron chi connectivity index (χ3n) is 7.28. The fourth-order valence-corrected chi connectivity index (χ4v) is 5.87. The maximum Gasteiger partial charge on any atom is 0.226 e. The Bertz CT molecular complexity index is 758. The van der Waals surface area contributed by atoms with Gasteiger partial charge in [0, 0.05) is 32.1 Å². The lowest BCUT2D eigenvalue weighted by atomic mass is 9.87. The molecule has 0 unspecified atom stereocenters. The van der Waals surface area contributed by atoms with Crippen molar-refractivity contribution in [3.8, 4) is 0 Å². The minimum absolute atomic E-state index is 0.266. The molecule has 2 saturated carbocycles. The lowest BCUT2D eigenvalue weighted by Gasteiger charge is -2.41. The molecule has 1 saturated heterocycles. The lowest BCUT2D eigenvalue weighted by Crippen LogP contribution is -2.51. The van der Waals surface area contributed by atoms with Crippen molar-refractivity contribution in [1.29, 1.82) is 0 Å². The van der Waals surface area contributed by atoms with Gasteiger partial charge < -0.3 is 4.90 Å². The predicted octanol–water partition coefficient (Wildman–Crippen LogP) is 4.36. The van der Waals surface area contributed by atoms with Crippen LogP contribution in [0.4, 0.5) is 0 Å². The van der Waals surface area contributed by atoms with Crippen molar-refractivity contribution in [2.75, 3.05) is 26.2 Å². The zero-order chi connectivity index (χ0) is 18.9. The molecule has 5 rings (SSSR count). The quantitative estimate of drug-likeness (QED) is 0.794. The normalized spacial score (nSPS) is 27.5. The Balaban J connectivity index is 1.29. The van der Waals surface area contributed by atoms with Crippen LogP contribution in [-0.2, 0) is 4.79 Å². The molecule has 2 aliphatic carbocycles. The molecule has 28 heavy (non-hydrogen) atoms. The highest BCUT2D eigenvalue weighted by Crippen LogP contribution is 2.49. The van der Waals surface area contributed by atoms with Gasteiger partial charge in [-0.3, -0.25) is 9.69 Å². The van der Waals surface area contributed by atoms with Gasteiger partial charge in [-0.2, -0.15) is 0 Å². The number of amides is 1. The number of benzene rings is 2. The summed E-state index contributed by atoms with van der Waals surface area (Å²) in [6.45, 7) is 3.62. The Kier molecular flexibility index (Phi) is 4.94. The van der Waals surface area contributed by atoms with Gasteiger partial charge in [0.2, 0.25) is 5.91 Å². The van der Waals surface area contributed by atoms with E-state index in [-0.39, 0.29) is 6.04 Å². The van der Waals surface area contributed by atoms with Crippen molar-refractivity contribution in [3.63, 3.8) is 0 Å². The average Bonchev–Trinajstić information content (AvgIpc) is 3.39. The summed E-state index contributed by atoms with van der Waals surface area (Å²) in [6, 6.07) is 21.8. The fourth-order valence-electron chi connectivity index (χ4n) is 5.87. The zero-order valence-corrected chi connectivity index (χ0v) is 16.5. The maximum atomic E-state index is 13.1. The van der Waals surface area contributed by atoms with Gasteiger partial charge in [0.05, 0.1) is 6.04 Å². The highest BCUT2D eigenvalue weighted by Gasteiger charge is 2.44. The molecule has 146 valence electrons. The average molecular weight is 375 g/mol. The number of rotatable bonds is 4. The van der Waals surface area contributed by atoms with Crippen molar-refractivity contribution in [3.05, 3.63) is 71.8 Å². The van der Waals surface area contributed by atoms with E-state index in [1.807, 2.05) is 0 Å². The monoisotopic (exact) mass is 374 g/mol. The first-order chi connectivity index (χ1) is 13.8. The first-order valence-corrected chi connectivity index (χ1v) is 10.9. The highest BCUT2D eigenvalue weighted by atomic mass is 16.2. The molecule has 0 N–H and O–H groups in total. The van der Waals surface area contributed by atoms with Crippen LogP contribution in [0.15, 0.2) is 60.7 Å². The molecule has 0 spiro atoms. The lowest BCUT2D eigenvalue weighted by molar-refractivity contribution is -0.139. The van der Waals surface area contributed by atoms with Gasteiger partial charge >= 0.3 is 0 Å². The van der Waals surface area contributed by atoms with E-state index in [1.54, 1.807) is 0 Å². The maximum absolute atomic E-state index is 13.1. The van der Waals surface area contributed by atoms with E-state index in [1.165, 1.54) is 30.4 Å². The van der Waals surface area contributed by atoms with Crippen molar-refractivity contribution in [1.82, 2.24) is 9.80 Å². The third kappa shape index (κ3) is 3.37. The first kappa shape index (κ1) is 17.9. The molecule has 1 heterocycles. The molecule has 3 atom stereocenters. The number of piperazine rings is 1. The third-order valence-corrected chi connectivity index (χ3v) is 7.28. The molecule has 3 nitrogen and oxygen atoms in total. The number of fused-ring (bicyclic) bond motifs is 2. The van der Waals surface area contributed by atoms with Crippen LogP contribution in [0, 0.1) is 17.8 Å². The molecule has 3 fully saturated rings. The molecule has 0 aromatic heterocycles. The molecule has 3 aliphatic rings. The van der Waals surface area contributed by atoms with Gasteiger partial charge in [-0.15, -0.1) is 0 Å². The van der Waals surface area contributed by atoms with Crippen molar-refractivity contribution >= 4 is 5.91 Å². The van der Waals surface area contributed by atoms with E-state index < -0.39 is 0 Å². The van der Waals surface area contributed by atoms with E-state index in [2.05, 4.69) is 70.5 Å². The summed E-state index contributed by atoms with van der Waals surface area (Å²) >= 11 is 0. The van der Waals surface area contributed by atoms with Gasteiger partial charge in [-0.05, 0) is 42.2 Å². The first-order valence-electron chi connectivity index (χ1n) is 10.9. The molecule has 2 aromatic carbocycles. The van der Waals surface area contributed by atoms with Crippen molar-refractivity contribution in [2.45, 2.75) is 31.7 Å². The number of hydrogen-bond donors (Lipinski definition) is 0. The van der Waals surface area contributed by atoms with E-state index in [0.29, 0.717) is 17.7 Å². The molecule has 3 heteroatoms. The molecule has 2 bridgehead atoms. The summed E-state index contributed by atoms with van der Waals surface area (Å²) in [7, 11) is 0. The molecular formula is C25H30N2O. The Morgan fingerprint density at radius 1 is 0.786 bits per heavy atom. The summed E-state index contributed by atoms with van der Waals surface area (Å²) < 4.78 is 0. The summed E-state index contributed by atoms with van der Waals surface area (Å²) in [6.07, 6.45) is 5.10. The van der Waals surface area contributed by atoms with Crippen LogP contribution in [0.1, 0.15) is 42.9 Å². The Hall–Kier alpha value is -2.13. The Morgan fingerprint density at radius 3 is 1.89 bits per heavy atom. The standard InChI is InChI=1S/C25H30N2O/c28-25(23-18-19-11-12-22(23)17-19)27-15-13-26(14-16-27)24(20-7-3-1-4-8-20)21-9-5-2-6-10-21/h1-10,19,22-24H,11-18H2/t19-,22+,23-/m0/s1. The van der Waals surface area contributed by atoms with Gasteiger partial charge in [-0.25, -0.2) is 0 Å². The largest absolute Gasteiger partial charge is 0.340 e. The summed E-state index contributed by atoms with van der Waals surface area (Å²) in [5, 5.41) is 0. The number of carbonyl (C=O) groups excluding carboxylic acids is 1. The van der Waals surface area contributed by atoms with Crippen LogP contribution < -0.4 is 0 Å². The molecule has 1 aliphatic heterocycles. The predicted molar refractivity (Wildman–Crippen MR) is 112 cm³/mol. The number of hydrogen-bond acceptors (Lipinski definition) is 2. The van der Waals surface area contributed by atoms with Crippen LogP contribution in [0.2, 0.25) is 0 Å². The van der Waals surface area contributed by atoms with Crippen LogP contribution in [0.5, 0.6) is 0 Å². The van der Waals surface area contributed by atoms with Crippen LogP contribution in [0.25, 0.3) is 0 Å². The molecule has 0 radical (unpaired) electrons. The van der Waals surface area contributed by atoms with Gasteiger partial charge in [0.15, 0.2) is 0 Å². The molecule has 1 amide bonds. The Labute approximate surface area is 168 Å². The molecular weight excluding hydrogens is 344 g/mol. The van der Waals surface area contributed by atoms with Crippen LogP contribution in [0.3, 0.4) is 0 Å². The van der Waals surface area contributed by atoms with E-state index >= 15 is 0 Å². The number of carbonyl (C=O) groups is 1. The second-order valence-corrected chi connectivity index (χ2v) is 8.87. The van der Waals surface area contributed by atoms with Crippen LogP contribution >= 0.6 is 0 Å². The Morgan fingerprint density at radius 2 is 1.39 bits per heavy atom. The van der Waals surface area contributed by atoms with Crippen molar-refractivity contribution in [2.24, 2.45) is 17.8 Å². The van der Waals surface area contributed by atoms with Crippen LogP contribution in [-0.4, -0.2) is 41.9 Å². The summed E-state index contributed by atoms with van der Waals surface area (Å²) in [5.74, 6) is 2.28. The zero-order valence-electron chi connectivity index (χ0n) is 16.5. The van der Waals surface area contributed by atoms with E-state index in [4.69, 9.17) is 0 Å². The van der Waals surface area contributed by atoms with Crippen molar-refractivity contribution < 1.29 is 4.79 Å². The minimum Gasteiger partial charge on any atom is -0.340 e. The SMILES string of the molecule is O=C([C@H]1C[C@H]2CC[C@@H]1C2)N1CCN(C(c2ccccc2)c2ccccc2)CC1. The highest BCUT2D eigenvalue weighted by molar-refractivity contribution is 5.79. The van der Waals surface area contributed by atoms with Gasteiger partial charge in [-0.1, -0.05) is 67.1 Å². The minimum atomic E-state index is 0.266. The summed E-state index contributed by atoms with van der Waals surface area (Å²) in [5.41, 5.74) is 2.67. The second-order valence-electron chi connectivity index (χ2n) is 8.87. The number of nitrogens with zero attached hydrogens (tertiary/aromatic N) is 2.